The van der Waals surface area contributed by atoms with Gasteiger partial charge in [-0.3, -0.25) is 0 Å². The third kappa shape index (κ3) is 2.25. The van der Waals surface area contributed by atoms with Crippen LogP contribution in [-0.2, 0) is 0 Å². The summed E-state index contributed by atoms with van der Waals surface area (Å²) in [6.45, 7) is 0. The van der Waals surface area contributed by atoms with Crippen LogP contribution in [0.2, 0.25) is 0 Å². The Morgan fingerprint density at radius 2 is 1.47 bits per heavy atom. The number of hydrogen-bond acceptors (Lipinski definition) is 4. The van der Waals surface area contributed by atoms with E-state index < -0.39 is 0 Å². The molecule has 4 nitrogen and oxygen atoms in total. The average Bonchev–Trinajstić information content (AvgIpc) is 2.35. The van der Waals surface area contributed by atoms with Gasteiger partial charge in [0.15, 0.2) is 23.0 Å². The predicted octanol–water partition coefficient (Wildman–Crippen LogP) is 2.90. The second-order valence-corrected chi connectivity index (χ2v) is 3.38. The maximum atomic E-state index is 9.61. The molecule has 2 aromatic rings. The Bertz CT molecular complexity index is 523. The molecule has 4 heteroatoms. The number of hydrogen-bond donors (Lipinski definition) is 2. The summed E-state index contributed by atoms with van der Waals surface area (Å²) < 4.78 is 10.6. The fourth-order valence-corrected chi connectivity index (χ4v) is 1.41. The third-order valence-corrected chi connectivity index (χ3v) is 2.27. The second-order valence-electron chi connectivity index (χ2n) is 3.38. The molecule has 88 valence electrons. The Balaban J connectivity index is 2.35. The van der Waals surface area contributed by atoms with Crippen molar-refractivity contribution in [2.45, 2.75) is 0 Å². The van der Waals surface area contributed by atoms with Crippen molar-refractivity contribution < 1.29 is 19.7 Å². The van der Waals surface area contributed by atoms with Crippen molar-refractivity contribution in [2.24, 2.45) is 0 Å². The summed E-state index contributed by atoms with van der Waals surface area (Å²) in [4.78, 5) is 0. The molecule has 0 unspecified atom stereocenters. The summed E-state index contributed by atoms with van der Waals surface area (Å²) in [6.07, 6.45) is 0. The number of ether oxygens (including phenoxy) is 2. The second kappa shape index (κ2) is 4.65. The maximum absolute atomic E-state index is 9.61. The van der Waals surface area contributed by atoms with Gasteiger partial charge in [0, 0.05) is 0 Å². The third-order valence-electron chi connectivity index (χ3n) is 2.27. The van der Waals surface area contributed by atoms with E-state index in [2.05, 4.69) is 0 Å². The van der Waals surface area contributed by atoms with Crippen molar-refractivity contribution >= 4 is 0 Å². The highest BCUT2D eigenvalue weighted by molar-refractivity contribution is 5.52. The highest BCUT2D eigenvalue weighted by Crippen LogP contribution is 2.39. The van der Waals surface area contributed by atoms with Crippen LogP contribution in [0.3, 0.4) is 0 Å². The molecule has 0 amide bonds. The fraction of sp³-hybridized carbons (Fsp3) is 0.0769. The number of phenols is 2. The molecule has 0 spiro atoms. The molecule has 0 saturated heterocycles. The fourth-order valence-electron chi connectivity index (χ4n) is 1.41. The van der Waals surface area contributed by atoms with Crippen molar-refractivity contribution in [1.29, 1.82) is 0 Å². The number of aromatic hydroxyl groups is 2. The number of methoxy groups -OCH3 is 1. The van der Waals surface area contributed by atoms with Crippen LogP contribution in [-0.4, -0.2) is 17.3 Å². The average molecular weight is 232 g/mol. The number of phenolic OH excluding ortho intramolecular Hbond substituents is 2. The van der Waals surface area contributed by atoms with Crippen molar-refractivity contribution in [3.63, 3.8) is 0 Å². The quantitative estimate of drug-likeness (QED) is 0.799. The highest BCUT2D eigenvalue weighted by Gasteiger charge is 2.10. The molecule has 0 heterocycles. The minimum absolute atomic E-state index is 0.175. The zero-order valence-corrected chi connectivity index (χ0v) is 9.25. The summed E-state index contributed by atoms with van der Waals surface area (Å²) in [7, 11) is 1.53. The SMILES string of the molecule is COc1ccccc1Oc1cccc(O)c1O. The predicted molar refractivity (Wildman–Crippen MR) is 62.8 cm³/mol. The molecule has 0 atom stereocenters. The molecular weight excluding hydrogens is 220 g/mol. The zero-order valence-electron chi connectivity index (χ0n) is 9.25. The van der Waals surface area contributed by atoms with Gasteiger partial charge in [-0.25, -0.2) is 0 Å². The lowest BCUT2D eigenvalue weighted by Crippen LogP contribution is -1.90. The minimum Gasteiger partial charge on any atom is -0.504 e. The number of rotatable bonds is 3. The first-order chi connectivity index (χ1) is 8.22. The Hall–Kier alpha value is -2.36. The van der Waals surface area contributed by atoms with E-state index in [1.807, 2.05) is 6.07 Å². The first kappa shape index (κ1) is 11.1. The molecule has 0 fully saturated rings. The normalized spacial score (nSPS) is 9.94. The van der Waals surface area contributed by atoms with Gasteiger partial charge in [0.25, 0.3) is 0 Å². The molecule has 2 N–H and O–H groups in total. The van der Waals surface area contributed by atoms with E-state index in [0.717, 1.165) is 0 Å². The molecule has 0 aliphatic carbocycles. The number of para-hydroxylation sites is 3. The maximum Gasteiger partial charge on any atom is 0.201 e. The standard InChI is InChI=1S/C13H12O4/c1-16-10-6-2-3-7-11(10)17-12-8-4-5-9(14)13(12)15/h2-8,14-15H,1H3. The molecular formula is C13H12O4. The van der Waals surface area contributed by atoms with Gasteiger partial charge in [-0.1, -0.05) is 18.2 Å². The van der Waals surface area contributed by atoms with Crippen molar-refractivity contribution in [2.75, 3.05) is 7.11 Å². The summed E-state index contributed by atoms with van der Waals surface area (Å²) in [5.41, 5.74) is 0. The van der Waals surface area contributed by atoms with Crippen LogP contribution in [0.5, 0.6) is 28.7 Å². The van der Waals surface area contributed by atoms with E-state index in [4.69, 9.17) is 9.47 Å². The van der Waals surface area contributed by atoms with Gasteiger partial charge < -0.3 is 19.7 Å². The smallest absolute Gasteiger partial charge is 0.201 e. The van der Waals surface area contributed by atoms with Gasteiger partial charge in [0.05, 0.1) is 7.11 Å². The van der Waals surface area contributed by atoms with E-state index in [9.17, 15) is 10.2 Å². The Morgan fingerprint density at radius 1 is 0.824 bits per heavy atom. The van der Waals surface area contributed by atoms with Gasteiger partial charge in [-0.2, -0.15) is 0 Å². The minimum atomic E-state index is -0.293. The van der Waals surface area contributed by atoms with Crippen LogP contribution in [0, 0.1) is 0 Å². The van der Waals surface area contributed by atoms with Crippen LogP contribution in [0.4, 0.5) is 0 Å². The van der Waals surface area contributed by atoms with E-state index in [0.29, 0.717) is 11.5 Å². The Labute approximate surface area is 98.7 Å². The molecule has 0 radical (unpaired) electrons. The van der Waals surface area contributed by atoms with Crippen LogP contribution < -0.4 is 9.47 Å². The van der Waals surface area contributed by atoms with Crippen molar-refractivity contribution in [1.82, 2.24) is 0 Å². The van der Waals surface area contributed by atoms with Crippen molar-refractivity contribution in [3.8, 4) is 28.7 Å². The summed E-state index contributed by atoms with van der Waals surface area (Å²) in [6, 6.07) is 11.6. The molecule has 2 aromatic carbocycles. The Morgan fingerprint density at radius 3 is 2.18 bits per heavy atom. The van der Waals surface area contributed by atoms with Gasteiger partial charge in [0.2, 0.25) is 5.75 Å². The van der Waals surface area contributed by atoms with Crippen LogP contribution in [0.25, 0.3) is 0 Å². The van der Waals surface area contributed by atoms with Crippen LogP contribution in [0.15, 0.2) is 42.5 Å². The molecule has 0 aromatic heterocycles. The zero-order chi connectivity index (χ0) is 12.3. The van der Waals surface area contributed by atoms with Crippen molar-refractivity contribution in [3.05, 3.63) is 42.5 Å². The number of benzene rings is 2. The monoisotopic (exact) mass is 232 g/mol. The van der Waals surface area contributed by atoms with Gasteiger partial charge in [-0.15, -0.1) is 0 Å². The highest BCUT2D eigenvalue weighted by atomic mass is 16.5. The van der Waals surface area contributed by atoms with E-state index in [-0.39, 0.29) is 17.2 Å². The van der Waals surface area contributed by atoms with Crippen LogP contribution in [0.1, 0.15) is 0 Å². The van der Waals surface area contributed by atoms with Gasteiger partial charge in [0.1, 0.15) is 0 Å². The summed E-state index contributed by atoms with van der Waals surface area (Å²) in [5.74, 6) is 0.677. The summed E-state index contributed by atoms with van der Waals surface area (Å²) >= 11 is 0. The lowest BCUT2D eigenvalue weighted by Gasteiger charge is -2.11. The van der Waals surface area contributed by atoms with Gasteiger partial charge >= 0.3 is 0 Å². The lowest BCUT2D eigenvalue weighted by atomic mass is 10.3. The first-order valence-corrected chi connectivity index (χ1v) is 5.04. The van der Waals surface area contributed by atoms with Crippen LogP contribution >= 0.6 is 0 Å². The van der Waals surface area contributed by atoms with E-state index >= 15 is 0 Å². The topological polar surface area (TPSA) is 58.9 Å². The van der Waals surface area contributed by atoms with Gasteiger partial charge in [-0.05, 0) is 24.3 Å². The first-order valence-electron chi connectivity index (χ1n) is 5.04. The van der Waals surface area contributed by atoms with E-state index in [1.54, 1.807) is 30.3 Å². The molecule has 0 aliphatic heterocycles. The molecule has 0 aliphatic rings. The van der Waals surface area contributed by atoms with E-state index in [1.165, 1.54) is 13.2 Å². The molecule has 0 saturated carbocycles. The molecule has 2 rings (SSSR count). The molecule has 0 bridgehead atoms. The Kier molecular flexibility index (Phi) is 3.05. The molecule has 17 heavy (non-hydrogen) atoms. The lowest BCUT2D eigenvalue weighted by molar-refractivity contribution is 0.353. The summed E-state index contributed by atoms with van der Waals surface area (Å²) in [5, 5.41) is 19.0. The largest absolute Gasteiger partial charge is 0.504 e.